The van der Waals surface area contributed by atoms with E-state index in [9.17, 15) is 23.1 Å². The molecule has 1 amide bonds. The summed E-state index contributed by atoms with van der Waals surface area (Å²) in [6.45, 7) is 4.59. The number of likely N-dealkylation sites (N-methyl/N-ethyl adjacent to an activating group) is 1. The van der Waals surface area contributed by atoms with Gasteiger partial charge in [-0.15, -0.1) is 0 Å². The highest BCUT2D eigenvalue weighted by Gasteiger charge is 2.35. The molecule has 9 heteroatoms. The molecule has 0 radical (unpaired) electrons. The molecule has 3 aromatic carbocycles. The molecule has 4 aromatic rings. The van der Waals surface area contributed by atoms with Crippen LogP contribution in [-0.2, 0) is 31.1 Å². The molecular weight excluding hydrogens is 555 g/mol. The van der Waals surface area contributed by atoms with Crippen molar-refractivity contribution < 1.29 is 27.8 Å². The number of aliphatic hydroxyl groups is 1. The molecule has 228 valence electrons. The minimum atomic E-state index is -4.44. The van der Waals surface area contributed by atoms with Crippen molar-refractivity contribution in [2.75, 3.05) is 26.7 Å². The first-order chi connectivity index (χ1) is 20.5. The van der Waals surface area contributed by atoms with E-state index in [-0.39, 0.29) is 37.1 Å². The monoisotopic (exact) mass is 593 g/mol. The summed E-state index contributed by atoms with van der Waals surface area (Å²) in [6, 6.07) is 20.9. The summed E-state index contributed by atoms with van der Waals surface area (Å²) in [5.41, 5.74) is 3.64. The predicted octanol–water partition coefficient (Wildman–Crippen LogP) is 6.35. The van der Waals surface area contributed by atoms with E-state index in [1.165, 1.54) is 12.1 Å². The first-order valence-electron chi connectivity index (χ1n) is 14.5. The van der Waals surface area contributed by atoms with Gasteiger partial charge in [0.2, 0.25) is 0 Å². The van der Waals surface area contributed by atoms with Crippen molar-refractivity contribution >= 4 is 16.8 Å². The first kappa shape index (κ1) is 30.8. The van der Waals surface area contributed by atoms with Crippen LogP contribution in [0, 0.1) is 5.92 Å². The Morgan fingerprint density at radius 3 is 2.47 bits per heavy atom. The molecule has 0 saturated heterocycles. The molecule has 1 aromatic heterocycles. The largest absolute Gasteiger partial charge is 0.416 e. The van der Waals surface area contributed by atoms with Gasteiger partial charge in [-0.3, -0.25) is 9.69 Å². The molecule has 1 N–H and O–H groups in total. The van der Waals surface area contributed by atoms with Crippen LogP contribution in [-0.4, -0.2) is 64.3 Å². The SMILES string of the molecule is C[C@H](CO)N1C[C@H](C)[C@H](CN(C)Cc2ccccc2C(F)(F)F)OCc2ccccc2-c2c(n(C)c3ccccc23)C1=O. The van der Waals surface area contributed by atoms with E-state index < -0.39 is 23.9 Å². The Kier molecular flexibility index (Phi) is 8.96. The molecule has 5 rings (SSSR count). The van der Waals surface area contributed by atoms with Crippen molar-refractivity contribution in [3.05, 3.63) is 95.2 Å². The molecule has 0 spiro atoms. The summed E-state index contributed by atoms with van der Waals surface area (Å²) < 4.78 is 49.5. The average molecular weight is 594 g/mol. The van der Waals surface area contributed by atoms with Gasteiger partial charge in [0.05, 0.1) is 30.9 Å². The van der Waals surface area contributed by atoms with Crippen molar-refractivity contribution in [2.24, 2.45) is 13.0 Å². The van der Waals surface area contributed by atoms with Crippen LogP contribution in [0.2, 0.25) is 0 Å². The molecule has 0 unspecified atom stereocenters. The predicted molar refractivity (Wildman–Crippen MR) is 161 cm³/mol. The van der Waals surface area contributed by atoms with Gasteiger partial charge in [0, 0.05) is 49.1 Å². The lowest BCUT2D eigenvalue weighted by Crippen LogP contribution is -2.47. The van der Waals surface area contributed by atoms with E-state index in [0.29, 0.717) is 18.8 Å². The zero-order valence-electron chi connectivity index (χ0n) is 24.9. The summed E-state index contributed by atoms with van der Waals surface area (Å²) in [7, 11) is 3.67. The van der Waals surface area contributed by atoms with Gasteiger partial charge in [0.25, 0.3) is 5.91 Å². The maximum atomic E-state index is 14.5. The van der Waals surface area contributed by atoms with Crippen LogP contribution < -0.4 is 0 Å². The zero-order chi connectivity index (χ0) is 30.9. The number of alkyl halides is 3. The molecule has 0 fully saturated rings. The summed E-state index contributed by atoms with van der Waals surface area (Å²) in [5.74, 6) is -0.383. The number of aryl methyl sites for hydroxylation is 1. The molecule has 6 nitrogen and oxygen atoms in total. The zero-order valence-corrected chi connectivity index (χ0v) is 24.9. The lowest BCUT2D eigenvalue weighted by Gasteiger charge is -2.35. The second kappa shape index (κ2) is 12.5. The lowest BCUT2D eigenvalue weighted by molar-refractivity contribution is -0.138. The molecule has 0 saturated carbocycles. The number of halogens is 3. The van der Waals surface area contributed by atoms with E-state index in [0.717, 1.165) is 33.7 Å². The van der Waals surface area contributed by atoms with Crippen molar-refractivity contribution in [1.82, 2.24) is 14.4 Å². The van der Waals surface area contributed by atoms with Crippen molar-refractivity contribution in [1.29, 1.82) is 0 Å². The number of hydrogen-bond donors (Lipinski definition) is 1. The van der Waals surface area contributed by atoms with Crippen molar-refractivity contribution in [3.8, 4) is 11.1 Å². The van der Waals surface area contributed by atoms with Crippen LogP contribution in [0.4, 0.5) is 13.2 Å². The smallest absolute Gasteiger partial charge is 0.394 e. The Bertz CT molecular complexity index is 1600. The summed E-state index contributed by atoms with van der Waals surface area (Å²) in [5, 5.41) is 11.1. The average Bonchev–Trinajstić information content (AvgIpc) is 3.28. The third-order valence-corrected chi connectivity index (χ3v) is 8.48. The summed E-state index contributed by atoms with van der Waals surface area (Å²) >= 11 is 0. The second-order valence-electron chi connectivity index (χ2n) is 11.6. The van der Waals surface area contributed by atoms with Crippen molar-refractivity contribution in [3.63, 3.8) is 0 Å². The Hall–Kier alpha value is -3.66. The number of aromatic nitrogens is 1. The molecule has 3 atom stereocenters. The standard InChI is InChI=1S/C34H38F3N3O3/c1-22-17-40(23(2)20-41)33(42)32-31(27-14-8-10-16-29(27)39(32)4)26-13-7-5-12-25(26)21-43-30(22)19-38(3)18-24-11-6-9-15-28(24)34(35,36)37/h5-16,22-23,30,41H,17-21H2,1-4H3/t22-,23+,30-/m0/s1. The minimum absolute atomic E-state index is 0.0893. The number of para-hydroxylation sites is 1. The Morgan fingerprint density at radius 2 is 1.72 bits per heavy atom. The highest BCUT2D eigenvalue weighted by atomic mass is 19.4. The Morgan fingerprint density at radius 1 is 1.05 bits per heavy atom. The number of carbonyl (C=O) groups is 1. The number of carbonyl (C=O) groups excluding carboxylic acids is 1. The normalized spacial score (nSPS) is 18.8. The van der Waals surface area contributed by atoms with Gasteiger partial charge in [0.1, 0.15) is 5.69 Å². The van der Waals surface area contributed by atoms with Gasteiger partial charge in [-0.25, -0.2) is 0 Å². The third-order valence-electron chi connectivity index (χ3n) is 8.48. The minimum Gasteiger partial charge on any atom is -0.394 e. The van der Waals surface area contributed by atoms with Gasteiger partial charge >= 0.3 is 6.18 Å². The molecule has 1 aliphatic rings. The number of nitrogens with zero attached hydrogens (tertiary/aromatic N) is 3. The third kappa shape index (κ3) is 6.20. The number of amides is 1. The molecular formula is C34H38F3N3O3. The topological polar surface area (TPSA) is 57.9 Å². The highest BCUT2D eigenvalue weighted by Crippen LogP contribution is 2.38. The maximum absolute atomic E-state index is 14.5. The lowest BCUT2D eigenvalue weighted by atomic mass is 9.96. The number of rotatable bonds is 6. The Labute approximate surface area is 250 Å². The van der Waals surface area contributed by atoms with Crippen LogP contribution >= 0.6 is 0 Å². The van der Waals surface area contributed by atoms with E-state index in [1.54, 1.807) is 18.0 Å². The van der Waals surface area contributed by atoms with E-state index >= 15 is 0 Å². The molecule has 2 heterocycles. The number of hydrogen-bond acceptors (Lipinski definition) is 4. The number of aliphatic hydroxyl groups excluding tert-OH is 1. The van der Waals surface area contributed by atoms with E-state index in [1.807, 2.05) is 78.9 Å². The van der Waals surface area contributed by atoms with Crippen LogP contribution in [0.1, 0.15) is 41.0 Å². The second-order valence-corrected chi connectivity index (χ2v) is 11.6. The van der Waals surface area contributed by atoms with Gasteiger partial charge < -0.3 is 19.3 Å². The molecule has 43 heavy (non-hydrogen) atoms. The van der Waals surface area contributed by atoms with Crippen LogP contribution in [0.25, 0.3) is 22.0 Å². The number of ether oxygens (including phenoxy) is 1. The highest BCUT2D eigenvalue weighted by molar-refractivity contribution is 6.10. The quantitative estimate of drug-likeness (QED) is 0.283. The molecule has 1 aliphatic heterocycles. The molecule has 0 aliphatic carbocycles. The first-order valence-corrected chi connectivity index (χ1v) is 14.5. The van der Waals surface area contributed by atoms with E-state index in [4.69, 9.17) is 4.74 Å². The fourth-order valence-electron chi connectivity index (χ4n) is 6.12. The van der Waals surface area contributed by atoms with Crippen LogP contribution in [0.3, 0.4) is 0 Å². The van der Waals surface area contributed by atoms with Gasteiger partial charge in [-0.1, -0.05) is 67.6 Å². The maximum Gasteiger partial charge on any atom is 0.416 e. The Balaban J connectivity index is 1.55. The number of benzene rings is 3. The number of fused-ring (bicyclic) bond motifs is 5. The van der Waals surface area contributed by atoms with Crippen LogP contribution in [0.5, 0.6) is 0 Å². The van der Waals surface area contributed by atoms with Crippen molar-refractivity contribution in [2.45, 2.75) is 45.3 Å². The van der Waals surface area contributed by atoms with Gasteiger partial charge in [-0.05, 0) is 42.8 Å². The van der Waals surface area contributed by atoms with Crippen LogP contribution in [0.15, 0.2) is 72.8 Å². The summed E-state index contributed by atoms with van der Waals surface area (Å²) in [4.78, 5) is 18.0. The molecule has 0 bridgehead atoms. The fourth-order valence-corrected chi connectivity index (χ4v) is 6.12. The fraction of sp³-hybridized carbons (Fsp3) is 0.382. The van der Waals surface area contributed by atoms with Gasteiger partial charge in [0.15, 0.2) is 0 Å². The van der Waals surface area contributed by atoms with E-state index in [2.05, 4.69) is 0 Å². The summed E-state index contributed by atoms with van der Waals surface area (Å²) in [6.07, 6.45) is -4.85. The van der Waals surface area contributed by atoms with Gasteiger partial charge in [-0.2, -0.15) is 13.2 Å².